The molecule has 0 aromatic carbocycles. The lowest BCUT2D eigenvalue weighted by molar-refractivity contribution is -0.308. The van der Waals surface area contributed by atoms with Crippen LogP contribution in [0.25, 0.3) is 0 Å². The van der Waals surface area contributed by atoms with Crippen molar-refractivity contribution in [2.75, 3.05) is 13.1 Å². The topological polar surface area (TPSA) is 38.3 Å². The van der Waals surface area contributed by atoms with Gasteiger partial charge in [-0.15, -0.1) is 13.2 Å². The monoisotopic (exact) mass is 197 g/mol. The van der Waals surface area contributed by atoms with Crippen LogP contribution in [0.4, 0.5) is 13.2 Å². The Hall–Kier alpha value is -0.780. The first-order chi connectivity index (χ1) is 5.99. The molecule has 1 rings (SSSR count). The summed E-state index contributed by atoms with van der Waals surface area (Å²) in [5, 5.41) is 2.94. The molecule has 0 unspecified atom stereocenters. The van der Waals surface area contributed by atoms with Gasteiger partial charge in [-0.05, 0) is 25.9 Å². The predicted octanol–water partition coefficient (Wildman–Crippen LogP) is 1.05. The maximum atomic E-state index is 11.6. The molecular weight excluding hydrogens is 187 g/mol. The number of carbonyl (C=O) groups excluding carboxylic acids is 1. The van der Waals surface area contributed by atoms with Crippen molar-refractivity contribution in [3.8, 4) is 0 Å². The molecule has 0 aromatic rings. The maximum absolute atomic E-state index is 11.6. The van der Waals surface area contributed by atoms with E-state index in [2.05, 4.69) is 10.1 Å². The second-order valence-corrected chi connectivity index (χ2v) is 2.89. The smallest absolute Gasteiger partial charge is 0.373 e. The first kappa shape index (κ1) is 10.3. The summed E-state index contributed by atoms with van der Waals surface area (Å²) in [7, 11) is 0. The van der Waals surface area contributed by atoms with E-state index in [-0.39, 0.29) is 0 Å². The van der Waals surface area contributed by atoms with Gasteiger partial charge in [0.1, 0.15) is 0 Å². The summed E-state index contributed by atoms with van der Waals surface area (Å²) in [5.74, 6) is -1.77. The van der Waals surface area contributed by atoms with Crippen LogP contribution in [0.3, 0.4) is 0 Å². The zero-order valence-electron chi connectivity index (χ0n) is 6.86. The van der Waals surface area contributed by atoms with Gasteiger partial charge < -0.3 is 10.1 Å². The fourth-order valence-corrected chi connectivity index (χ4v) is 1.26. The van der Waals surface area contributed by atoms with Crippen LogP contribution < -0.4 is 5.32 Å². The van der Waals surface area contributed by atoms with Crippen LogP contribution in [0, 0.1) is 5.92 Å². The van der Waals surface area contributed by atoms with Gasteiger partial charge in [-0.3, -0.25) is 4.79 Å². The van der Waals surface area contributed by atoms with E-state index in [0.717, 1.165) is 0 Å². The normalized spacial score (nSPS) is 19.9. The molecule has 6 heteroatoms. The van der Waals surface area contributed by atoms with Gasteiger partial charge in [-0.25, -0.2) is 0 Å². The molecule has 0 atom stereocenters. The highest BCUT2D eigenvalue weighted by Gasteiger charge is 2.37. The molecule has 0 bridgehead atoms. The lowest BCUT2D eigenvalue weighted by atomic mass is 9.99. The third kappa shape index (κ3) is 3.63. The minimum Gasteiger partial charge on any atom is -0.373 e. The molecule has 13 heavy (non-hydrogen) atoms. The van der Waals surface area contributed by atoms with Crippen molar-refractivity contribution in [3.63, 3.8) is 0 Å². The Labute approximate surface area is 73.2 Å². The van der Waals surface area contributed by atoms with Gasteiger partial charge >= 0.3 is 12.3 Å². The van der Waals surface area contributed by atoms with Crippen molar-refractivity contribution in [1.29, 1.82) is 0 Å². The van der Waals surface area contributed by atoms with Crippen molar-refractivity contribution in [2.45, 2.75) is 19.2 Å². The molecule has 0 radical (unpaired) electrons. The molecule has 3 nitrogen and oxygen atoms in total. The van der Waals surface area contributed by atoms with Gasteiger partial charge in [-0.1, -0.05) is 0 Å². The van der Waals surface area contributed by atoms with Gasteiger partial charge in [-0.2, -0.15) is 0 Å². The number of rotatable bonds is 1. The van der Waals surface area contributed by atoms with Gasteiger partial charge in [0, 0.05) is 0 Å². The Kier molecular flexibility index (Phi) is 3.13. The Bertz CT molecular complexity index is 187. The molecule has 1 aliphatic heterocycles. The molecule has 1 fully saturated rings. The van der Waals surface area contributed by atoms with E-state index in [0.29, 0.717) is 25.9 Å². The third-order valence-corrected chi connectivity index (χ3v) is 1.89. The van der Waals surface area contributed by atoms with Crippen molar-refractivity contribution in [2.24, 2.45) is 5.92 Å². The van der Waals surface area contributed by atoms with Gasteiger partial charge in [0.15, 0.2) is 0 Å². The average Bonchev–Trinajstić information content (AvgIpc) is 2.03. The van der Waals surface area contributed by atoms with E-state index in [9.17, 15) is 18.0 Å². The Morgan fingerprint density at radius 3 is 2.31 bits per heavy atom. The van der Waals surface area contributed by atoms with E-state index in [1.165, 1.54) is 0 Å². The van der Waals surface area contributed by atoms with Crippen LogP contribution in [0.2, 0.25) is 0 Å². The van der Waals surface area contributed by atoms with Crippen molar-refractivity contribution < 1.29 is 22.7 Å². The average molecular weight is 197 g/mol. The van der Waals surface area contributed by atoms with Crippen LogP contribution in [-0.2, 0) is 9.53 Å². The zero-order chi connectivity index (χ0) is 9.90. The summed E-state index contributed by atoms with van der Waals surface area (Å²) in [4.78, 5) is 10.8. The lowest BCUT2D eigenvalue weighted by Crippen LogP contribution is -2.34. The van der Waals surface area contributed by atoms with Crippen LogP contribution in [-0.4, -0.2) is 25.4 Å². The Morgan fingerprint density at radius 1 is 1.31 bits per heavy atom. The number of hydrogen-bond donors (Lipinski definition) is 1. The quantitative estimate of drug-likeness (QED) is 0.638. The molecule has 0 saturated carbocycles. The second-order valence-electron chi connectivity index (χ2n) is 2.89. The molecule has 1 N–H and O–H groups in total. The van der Waals surface area contributed by atoms with Crippen molar-refractivity contribution in [3.05, 3.63) is 0 Å². The SMILES string of the molecule is O=C(OC(F)(F)F)C1CCNCC1. The summed E-state index contributed by atoms with van der Waals surface area (Å²) in [6.07, 6.45) is -4.02. The number of nitrogens with one attached hydrogen (secondary N) is 1. The number of carbonyl (C=O) groups is 1. The summed E-state index contributed by atoms with van der Waals surface area (Å²) >= 11 is 0. The summed E-state index contributed by atoms with van der Waals surface area (Å²) in [6.45, 7) is 1.13. The Morgan fingerprint density at radius 2 is 1.85 bits per heavy atom. The fourth-order valence-electron chi connectivity index (χ4n) is 1.26. The van der Waals surface area contributed by atoms with Crippen LogP contribution in [0.5, 0.6) is 0 Å². The standard InChI is InChI=1S/C7H10F3NO2/c8-7(9,10)13-6(12)5-1-3-11-4-2-5/h5,11H,1-4H2. The van der Waals surface area contributed by atoms with E-state index < -0.39 is 18.2 Å². The maximum Gasteiger partial charge on any atom is 0.575 e. The molecule has 76 valence electrons. The van der Waals surface area contributed by atoms with Crippen LogP contribution in [0.1, 0.15) is 12.8 Å². The Balaban J connectivity index is 2.38. The zero-order valence-corrected chi connectivity index (χ0v) is 6.86. The van der Waals surface area contributed by atoms with E-state index in [1.807, 2.05) is 0 Å². The molecule has 0 spiro atoms. The summed E-state index contributed by atoms with van der Waals surface area (Å²) in [6, 6.07) is 0. The first-order valence-corrected chi connectivity index (χ1v) is 3.99. The highest BCUT2D eigenvalue weighted by atomic mass is 19.4. The number of hydrogen-bond acceptors (Lipinski definition) is 3. The molecule has 0 amide bonds. The number of esters is 1. The largest absolute Gasteiger partial charge is 0.575 e. The van der Waals surface area contributed by atoms with Crippen LogP contribution in [0.15, 0.2) is 0 Å². The molecule has 1 saturated heterocycles. The molecule has 1 aliphatic rings. The van der Waals surface area contributed by atoms with Crippen molar-refractivity contribution in [1.82, 2.24) is 5.32 Å². The van der Waals surface area contributed by atoms with Gasteiger partial charge in [0.05, 0.1) is 5.92 Å². The number of ether oxygens (including phenoxy) is 1. The molecular formula is C7H10F3NO2. The lowest BCUT2D eigenvalue weighted by Gasteiger charge is -2.21. The van der Waals surface area contributed by atoms with Gasteiger partial charge in [0.25, 0.3) is 0 Å². The van der Waals surface area contributed by atoms with E-state index in [1.54, 1.807) is 0 Å². The van der Waals surface area contributed by atoms with E-state index >= 15 is 0 Å². The number of piperidine rings is 1. The second kappa shape index (κ2) is 3.95. The highest BCUT2D eigenvalue weighted by molar-refractivity contribution is 5.72. The van der Waals surface area contributed by atoms with Crippen LogP contribution >= 0.6 is 0 Å². The fraction of sp³-hybridized carbons (Fsp3) is 0.857. The first-order valence-electron chi connectivity index (χ1n) is 3.99. The minimum absolute atomic E-state index is 0.412. The molecule has 1 heterocycles. The molecule has 0 aromatic heterocycles. The van der Waals surface area contributed by atoms with Crippen molar-refractivity contribution >= 4 is 5.97 Å². The third-order valence-electron chi connectivity index (χ3n) is 1.89. The van der Waals surface area contributed by atoms with Gasteiger partial charge in [0.2, 0.25) is 0 Å². The molecule has 0 aliphatic carbocycles. The van der Waals surface area contributed by atoms with E-state index in [4.69, 9.17) is 0 Å². The number of halogens is 3. The predicted molar refractivity (Wildman–Crippen MR) is 37.7 cm³/mol. The summed E-state index contributed by atoms with van der Waals surface area (Å²) < 4.78 is 38.1. The number of alkyl halides is 3. The summed E-state index contributed by atoms with van der Waals surface area (Å²) in [5.41, 5.74) is 0. The highest BCUT2D eigenvalue weighted by Crippen LogP contribution is 2.21. The minimum atomic E-state index is -4.85.